The maximum absolute atomic E-state index is 12.0. The Labute approximate surface area is 144 Å². The normalized spacial score (nSPS) is 18.0. The summed E-state index contributed by atoms with van der Waals surface area (Å²) in [4.78, 5) is 25.6. The molecular formula is C18H28N4O2. The van der Waals surface area contributed by atoms with E-state index in [2.05, 4.69) is 27.8 Å². The highest BCUT2D eigenvalue weighted by atomic mass is 16.2. The Morgan fingerprint density at radius 2 is 1.96 bits per heavy atom. The summed E-state index contributed by atoms with van der Waals surface area (Å²) >= 11 is 0. The third-order valence-corrected chi connectivity index (χ3v) is 4.35. The van der Waals surface area contributed by atoms with E-state index in [1.165, 1.54) is 32.6 Å². The smallest absolute Gasteiger partial charge is 0.319 e. The van der Waals surface area contributed by atoms with Crippen LogP contribution in [0.15, 0.2) is 24.3 Å². The fourth-order valence-electron chi connectivity index (χ4n) is 3.18. The third-order valence-electron chi connectivity index (χ3n) is 4.35. The van der Waals surface area contributed by atoms with Gasteiger partial charge in [-0.3, -0.25) is 9.69 Å². The van der Waals surface area contributed by atoms with Crippen molar-refractivity contribution in [3.05, 3.63) is 24.3 Å². The van der Waals surface area contributed by atoms with Gasteiger partial charge in [0, 0.05) is 37.4 Å². The summed E-state index contributed by atoms with van der Waals surface area (Å²) in [5.74, 6) is -0.136. The van der Waals surface area contributed by atoms with Crippen molar-refractivity contribution in [2.75, 3.05) is 30.3 Å². The molecule has 1 aliphatic heterocycles. The quantitative estimate of drug-likeness (QED) is 0.750. The average molecular weight is 332 g/mol. The van der Waals surface area contributed by atoms with Crippen LogP contribution in [0.3, 0.4) is 0 Å². The average Bonchev–Trinajstić information content (AvgIpc) is 2.55. The molecule has 0 saturated carbocycles. The van der Waals surface area contributed by atoms with Gasteiger partial charge in [-0.2, -0.15) is 0 Å². The number of rotatable bonds is 6. The Morgan fingerprint density at radius 1 is 1.21 bits per heavy atom. The first-order chi connectivity index (χ1) is 11.6. The van der Waals surface area contributed by atoms with E-state index in [1.54, 1.807) is 24.3 Å². The Hall–Kier alpha value is -2.08. The zero-order valence-electron chi connectivity index (χ0n) is 14.6. The maximum Gasteiger partial charge on any atom is 0.319 e. The first kappa shape index (κ1) is 18.3. The number of nitrogens with zero attached hydrogens (tertiary/aromatic N) is 1. The minimum atomic E-state index is -0.222. The first-order valence-electron chi connectivity index (χ1n) is 8.75. The van der Waals surface area contributed by atoms with Crippen LogP contribution in [-0.4, -0.2) is 42.5 Å². The molecule has 24 heavy (non-hydrogen) atoms. The molecule has 1 aromatic carbocycles. The van der Waals surface area contributed by atoms with E-state index in [-0.39, 0.29) is 11.9 Å². The largest absolute Gasteiger partial charge is 0.337 e. The number of urea groups is 1. The third kappa shape index (κ3) is 5.85. The molecule has 1 atom stereocenters. The molecule has 3 amide bonds. The van der Waals surface area contributed by atoms with Crippen molar-refractivity contribution in [1.82, 2.24) is 10.2 Å². The predicted octanol–water partition coefficient (Wildman–Crippen LogP) is 3.03. The number of carbonyl (C=O) groups excluding carboxylic acids is 2. The van der Waals surface area contributed by atoms with Gasteiger partial charge in [-0.25, -0.2) is 4.79 Å². The molecule has 0 bridgehead atoms. The molecule has 6 heteroatoms. The molecule has 0 aliphatic carbocycles. The van der Waals surface area contributed by atoms with E-state index in [9.17, 15) is 9.59 Å². The fraction of sp³-hybridized carbons (Fsp3) is 0.556. The van der Waals surface area contributed by atoms with E-state index >= 15 is 0 Å². The van der Waals surface area contributed by atoms with Gasteiger partial charge in [0.1, 0.15) is 0 Å². The van der Waals surface area contributed by atoms with Crippen molar-refractivity contribution in [3.63, 3.8) is 0 Å². The summed E-state index contributed by atoms with van der Waals surface area (Å²) in [5.41, 5.74) is 1.32. The molecule has 0 aromatic heterocycles. The second kappa shape index (κ2) is 9.27. The molecule has 6 nitrogen and oxygen atoms in total. The topological polar surface area (TPSA) is 73.5 Å². The summed E-state index contributed by atoms with van der Waals surface area (Å²) < 4.78 is 0. The molecule has 0 spiro atoms. The number of piperidine rings is 1. The van der Waals surface area contributed by atoms with Gasteiger partial charge in [0.05, 0.1) is 0 Å². The summed E-state index contributed by atoms with van der Waals surface area (Å²) in [6.07, 6.45) is 4.99. The van der Waals surface area contributed by atoms with Crippen molar-refractivity contribution in [2.24, 2.45) is 0 Å². The van der Waals surface area contributed by atoms with Gasteiger partial charge in [0.2, 0.25) is 5.91 Å². The van der Waals surface area contributed by atoms with Crippen LogP contribution in [0.5, 0.6) is 0 Å². The molecule has 1 heterocycles. The van der Waals surface area contributed by atoms with Crippen LogP contribution in [0.1, 0.15) is 39.5 Å². The van der Waals surface area contributed by atoms with Crippen LogP contribution in [0, 0.1) is 0 Å². The molecule has 3 N–H and O–H groups in total. The summed E-state index contributed by atoms with van der Waals surface area (Å²) in [6, 6.07) is 7.53. The Kier molecular flexibility index (Phi) is 7.06. The van der Waals surface area contributed by atoms with Crippen molar-refractivity contribution < 1.29 is 9.59 Å². The van der Waals surface area contributed by atoms with Crippen molar-refractivity contribution >= 4 is 23.3 Å². The standard InChI is InChI=1S/C18H28N4O2/c1-3-17-9-4-5-11-22(17)12-10-19-18(24)21-16-8-6-7-15(13-16)20-14(2)23/h6-8,13,17H,3-5,9-12H2,1-2H3,(H,20,23)(H2,19,21,24)/t17-/m1/s1. The van der Waals surface area contributed by atoms with E-state index < -0.39 is 0 Å². The predicted molar refractivity (Wildman–Crippen MR) is 97.3 cm³/mol. The van der Waals surface area contributed by atoms with Crippen LogP contribution in [0.4, 0.5) is 16.2 Å². The van der Waals surface area contributed by atoms with Crippen LogP contribution in [-0.2, 0) is 4.79 Å². The van der Waals surface area contributed by atoms with Gasteiger partial charge in [0.15, 0.2) is 0 Å². The fourth-order valence-corrected chi connectivity index (χ4v) is 3.18. The second-order valence-electron chi connectivity index (χ2n) is 6.24. The number of anilines is 2. The van der Waals surface area contributed by atoms with Crippen molar-refractivity contribution in [2.45, 2.75) is 45.6 Å². The number of nitrogens with one attached hydrogen (secondary N) is 3. The van der Waals surface area contributed by atoms with E-state index in [4.69, 9.17) is 0 Å². The van der Waals surface area contributed by atoms with Gasteiger partial charge in [0.25, 0.3) is 0 Å². The zero-order valence-corrected chi connectivity index (χ0v) is 14.6. The first-order valence-corrected chi connectivity index (χ1v) is 8.75. The SMILES string of the molecule is CC[C@@H]1CCCCN1CCNC(=O)Nc1cccc(NC(C)=O)c1. The Bertz CT molecular complexity index is 562. The summed E-state index contributed by atoms with van der Waals surface area (Å²) in [5, 5.41) is 8.40. The molecule has 1 fully saturated rings. The monoisotopic (exact) mass is 332 g/mol. The van der Waals surface area contributed by atoms with E-state index in [0.29, 0.717) is 24.0 Å². The Morgan fingerprint density at radius 3 is 2.67 bits per heavy atom. The number of hydrogen-bond donors (Lipinski definition) is 3. The number of likely N-dealkylation sites (tertiary alicyclic amines) is 1. The van der Waals surface area contributed by atoms with Gasteiger partial charge in [-0.1, -0.05) is 19.4 Å². The zero-order chi connectivity index (χ0) is 17.4. The van der Waals surface area contributed by atoms with Gasteiger partial charge >= 0.3 is 6.03 Å². The lowest BCUT2D eigenvalue weighted by atomic mass is 10.0. The van der Waals surface area contributed by atoms with Gasteiger partial charge in [-0.05, 0) is 44.0 Å². The molecular weight excluding hydrogens is 304 g/mol. The minimum Gasteiger partial charge on any atom is -0.337 e. The molecule has 1 aromatic rings. The van der Waals surface area contributed by atoms with Crippen LogP contribution in [0.2, 0.25) is 0 Å². The highest BCUT2D eigenvalue weighted by molar-refractivity contribution is 5.92. The molecule has 0 unspecified atom stereocenters. The van der Waals surface area contributed by atoms with Crippen molar-refractivity contribution in [1.29, 1.82) is 0 Å². The molecule has 1 saturated heterocycles. The highest BCUT2D eigenvalue weighted by Gasteiger charge is 2.20. The maximum atomic E-state index is 12.0. The number of benzene rings is 1. The molecule has 132 valence electrons. The lowest BCUT2D eigenvalue weighted by Gasteiger charge is -2.35. The summed E-state index contributed by atoms with van der Waals surface area (Å²) in [6.45, 7) is 6.33. The van der Waals surface area contributed by atoms with Crippen LogP contribution in [0.25, 0.3) is 0 Å². The number of hydrogen-bond acceptors (Lipinski definition) is 3. The van der Waals surface area contributed by atoms with Gasteiger partial charge in [-0.15, -0.1) is 0 Å². The molecule has 2 rings (SSSR count). The van der Waals surface area contributed by atoms with Gasteiger partial charge < -0.3 is 16.0 Å². The highest BCUT2D eigenvalue weighted by Crippen LogP contribution is 2.18. The lowest BCUT2D eigenvalue weighted by Crippen LogP contribution is -2.44. The lowest BCUT2D eigenvalue weighted by molar-refractivity contribution is -0.114. The molecule has 0 radical (unpaired) electrons. The number of amides is 3. The van der Waals surface area contributed by atoms with Crippen molar-refractivity contribution in [3.8, 4) is 0 Å². The molecule has 1 aliphatic rings. The van der Waals surface area contributed by atoms with Crippen LogP contribution >= 0.6 is 0 Å². The second-order valence-corrected chi connectivity index (χ2v) is 6.24. The Balaban J connectivity index is 1.76. The number of carbonyl (C=O) groups is 2. The van der Waals surface area contributed by atoms with Crippen LogP contribution < -0.4 is 16.0 Å². The van der Waals surface area contributed by atoms with E-state index in [0.717, 1.165) is 13.1 Å². The summed E-state index contributed by atoms with van der Waals surface area (Å²) in [7, 11) is 0. The van der Waals surface area contributed by atoms with E-state index in [1.807, 2.05) is 0 Å². The minimum absolute atomic E-state index is 0.136.